The number of halogens is 1. The van der Waals surface area contributed by atoms with Crippen LogP contribution in [0.3, 0.4) is 0 Å². The largest absolute Gasteiger partial charge is 0.497 e. The van der Waals surface area contributed by atoms with Crippen LogP contribution in [-0.4, -0.2) is 40.0 Å². The summed E-state index contributed by atoms with van der Waals surface area (Å²) in [5.74, 6) is 0.934. The lowest BCUT2D eigenvalue weighted by molar-refractivity contribution is -0.132. The number of nitrogens with one attached hydrogen (secondary N) is 1. The molecule has 0 aliphatic rings. The molecule has 0 saturated heterocycles. The Kier molecular flexibility index (Phi) is 7.61. The number of benzene rings is 3. The molecule has 168 valence electrons. The molecule has 1 N–H and O–H groups in total. The molecule has 0 saturated carbocycles. The van der Waals surface area contributed by atoms with Gasteiger partial charge in [0.25, 0.3) is 15.9 Å². The van der Waals surface area contributed by atoms with Crippen LogP contribution in [0.15, 0.2) is 77.7 Å². The Labute approximate surface area is 192 Å². The van der Waals surface area contributed by atoms with Gasteiger partial charge in [-0.3, -0.25) is 9.52 Å². The summed E-state index contributed by atoms with van der Waals surface area (Å²) in [6, 6.07) is 19.6. The normalized spacial score (nSPS) is 11.0. The van der Waals surface area contributed by atoms with Crippen molar-refractivity contribution in [3.05, 3.63) is 83.4 Å². The number of anilines is 1. The smallest absolute Gasteiger partial charge is 0.261 e. The number of carbonyl (C=O) groups is 1. The van der Waals surface area contributed by atoms with Crippen molar-refractivity contribution in [3.8, 4) is 11.5 Å². The van der Waals surface area contributed by atoms with Crippen LogP contribution in [0, 0.1) is 0 Å². The first-order chi connectivity index (χ1) is 15.3. The Balaban J connectivity index is 1.54. The van der Waals surface area contributed by atoms with E-state index in [1.807, 2.05) is 24.3 Å². The van der Waals surface area contributed by atoms with Gasteiger partial charge in [-0.2, -0.15) is 0 Å². The second-order valence-corrected chi connectivity index (χ2v) is 9.09. The first-order valence-corrected chi connectivity index (χ1v) is 11.5. The van der Waals surface area contributed by atoms with E-state index in [-0.39, 0.29) is 17.4 Å². The molecule has 0 aliphatic heterocycles. The molecule has 3 aromatic rings. The predicted molar refractivity (Wildman–Crippen MR) is 124 cm³/mol. The van der Waals surface area contributed by atoms with Crippen molar-refractivity contribution in [2.75, 3.05) is 25.5 Å². The third-order valence-corrected chi connectivity index (χ3v) is 6.25. The minimum Gasteiger partial charge on any atom is -0.497 e. The van der Waals surface area contributed by atoms with Gasteiger partial charge in [0, 0.05) is 24.3 Å². The topological polar surface area (TPSA) is 84.9 Å². The highest BCUT2D eigenvalue weighted by Gasteiger charge is 2.15. The Morgan fingerprint density at radius 2 is 1.53 bits per heavy atom. The van der Waals surface area contributed by atoms with Gasteiger partial charge in [-0.15, -0.1) is 0 Å². The van der Waals surface area contributed by atoms with Crippen LogP contribution >= 0.6 is 11.6 Å². The van der Waals surface area contributed by atoms with Crippen LogP contribution < -0.4 is 14.2 Å². The summed E-state index contributed by atoms with van der Waals surface area (Å²) >= 11 is 5.82. The van der Waals surface area contributed by atoms with Gasteiger partial charge in [-0.1, -0.05) is 23.7 Å². The summed E-state index contributed by atoms with van der Waals surface area (Å²) in [5, 5.41) is 0.513. The summed E-state index contributed by atoms with van der Waals surface area (Å²) < 4.78 is 38.2. The number of amides is 1. The quantitative estimate of drug-likeness (QED) is 0.502. The summed E-state index contributed by atoms with van der Waals surface area (Å²) in [6.07, 6.45) is 0. The van der Waals surface area contributed by atoms with E-state index < -0.39 is 10.0 Å². The van der Waals surface area contributed by atoms with Crippen molar-refractivity contribution < 1.29 is 22.7 Å². The molecule has 7 nitrogen and oxygen atoms in total. The van der Waals surface area contributed by atoms with E-state index in [1.54, 1.807) is 43.3 Å². The molecule has 32 heavy (non-hydrogen) atoms. The Morgan fingerprint density at radius 3 is 2.12 bits per heavy atom. The summed E-state index contributed by atoms with van der Waals surface area (Å²) in [4.78, 5) is 14.0. The molecule has 3 aromatic carbocycles. The molecule has 3 rings (SSSR count). The second-order valence-electron chi connectivity index (χ2n) is 6.97. The molecule has 0 spiro atoms. The maximum atomic E-state index is 12.5. The van der Waals surface area contributed by atoms with Gasteiger partial charge in [0.2, 0.25) is 0 Å². The van der Waals surface area contributed by atoms with E-state index in [1.165, 1.54) is 24.3 Å². The number of hydrogen-bond acceptors (Lipinski definition) is 5. The van der Waals surface area contributed by atoms with Gasteiger partial charge in [-0.05, 0) is 66.2 Å². The molecular formula is C23H23ClN2O5S. The van der Waals surface area contributed by atoms with Crippen molar-refractivity contribution in [1.82, 2.24) is 4.90 Å². The SMILES string of the molecule is COc1ccc(CN(C)C(=O)COc2ccc(S(=O)(=O)Nc3ccc(Cl)cc3)cc2)cc1. The van der Waals surface area contributed by atoms with Crippen molar-refractivity contribution in [2.45, 2.75) is 11.4 Å². The number of sulfonamides is 1. The van der Waals surface area contributed by atoms with Gasteiger partial charge in [0.05, 0.1) is 12.0 Å². The fourth-order valence-electron chi connectivity index (χ4n) is 2.80. The van der Waals surface area contributed by atoms with Crippen LogP contribution in [0.4, 0.5) is 5.69 Å². The zero-order valence-electron chi connectivity index (χ0n) is 17.6. The first kappa shape index (κ1) is 23.4. The van der Waals surface area contributed by atoms with Crippen molar-refractivity contribution in [1.29, 1.82) is 0 Å². The standard InChI is InChI=1S/C23H23ClN2O5S/c1-26(15-17-3-9-20(30-2)10-4-17)23(27)16-31-21-11-13-22(14-12-21)32(28,29)25-19-7-5-18(24)6-8-19/h3-14,25H,15-16H2,1-2H3. The number of methoxy groups -OCH3 is 1. The molecule has 0 atom stereocenters. The molecule has 0 fully saturated rings. The zero-order valence-corrected chi connectivity index (χ0v) is 19.2. The van der Waals surface area contributed by atoms with Crippen molar-refractivity contribution in [2.24, 2.45) is 0 Å². The van der Waals surface area contributed by atoms with Crippen LogP contribution in [-0.2, 0) is 21.4 Å². The van der Waals surface area contributed by atoms with Crippen LogP contribution in [0.5, 0.6) is 11.5 Å². The first-order valence-electron chi connectivity index (χ1n) is 9.65. The van der Waals surface area contributed by atoms with Crippen LogP contribution in [0.25, 0.3) is 0 Å². The maximum absolute atomic E-state index is 12.5. The lowest BCUT2D eigenvalue weighted by Gasteiger charge is -2.18. The molecular weight excluding hydrogens is 452 g/mol. The predicted octanol–water partition coefficient (Wildman–Crippen LogP) is 4.19. The average Bonchev–Trinajstić information content (AvgIpc) is 2.79. The number of likely N-dealkylation sites (N-methyl/N-ethyl adjacent to an activating group) is 1. The lowest BCUT2D eigenvalue weighted by Crippen LogP contribution is -2.30. The summed E-state index contributed by atoms with van der Waals surface area (Å²) in [5.41, 5.74) is 1.37. The highest BCUT2D eigenvalue weighted by atomic mass is 35.5. The van der Waals surface area contributed by atoms with Crippen molar-refractivity contribution >= 4 is 33.2 Å². The Hall–Kier alpha value is -3.23. The number of hydrogen-bond donors (Lipinski definition) is 1. The molecule has 9 heteroatoms. The summed E-state index contributed by atoms with van der Waals surface area (Å²) in [7, 11) is -0.474. The minimum atomic E-state index is -3.76. The molecule has 0 aromatic heterocycles. The van der Waals surface area contributed by atoms with Crippen LogP contribution in [0.2, 0.25) is 5.02 Å². The number of rotatable bonds is 9. The fraction of sp³-hybridized carbons (Fsp3) is 0.174. The third kappa shape index (κ3) is 6.38. The van der Waals surface area contributed by atoms with E-state index in [0.717, 1.165) is 11.3 Å². The Morgan fingerprint density at radius 1 is 0.938 bits per heavy atom. The zero-order chi connectivity index (χ0) is 23.1. The fourth-order valence-corrected chi connectivity index (χ4v) is 3.98. The summed E-state index contributed by atoms with van der Waals surface area (Å²) in [6.45, 7) is 0.265. The van der Waals surface area contributed by atoms with Gasteiger partial charge >= 0.3 is 0 Å². The van der Waals surface area contributed by atoms with E-state index in [9.17, 15) is 13.2 Å². The van der Waals surface area contributed by atoms with Gasteiger partial charge < -0.3 is 14.4 Å². The number of carbonyl (C=O) groups excluding carboxylic acids is 1. The molecule has 0 unspecified atom stereocenters. The molecule has 0 heterocycles. The van der Waals surface area contributed by atoms with E-state index in [2.05, 4.69) is 4.72 Å². The van der Waals surface area contributed by atoms with Crippen molar-refractivity contribution in [3.63, 3.8) is 0 Å². The second kappa shape index (κ2) is 10.4. The van der Waals surface area contributed by atoms with Gasteiger partial charge in [0.15, 0.2) is 6.61 Å². The highest BCUT2D eigenvalue weighted by Crippen LogP contribution is 2.21. The molecule has 0 aliphatic carbocycles. The van der Waals surface area contributed by atoms with Crippen LogP contribution in [0.1, 0.15) is 5.56 Å². The van der Waals surface area contributed by atoms with Gasteiger partial charge in [0.1, 0.15) is 11.5 Å². The molecule has 1 amide bonds. The minimum absolute atomic E-state index is 0.0720. The monoisotopic (exact) mass is 474 g/mol. The van der Waals surface area contributed by atoms with E-state index >= 15 is 0 Å². The average molecular weight is 475 g/mol. The highest BCUT2D eigenvalue weighted by molar-refractivity contribution is 7.92. The van der Waals surface area contributed by atoms with E-state index in [4.69, 9.17) is 21.1 Å². The maximum Gasteiger partial charge on any atom is 0.261 e. The molecule has 0 bridgehead atoms. The third-order valence-electron chi connectivity index (χ3n) is 4.60. The van der Waals surface area contributed by atoms with E-state index in [0.29, 0.717) is 23.0 Å². The Bertz CT molecular complexity index is 1150. The number of ether oxygens (including phenoxy) is 2. The van der Waals surface area contributed by atoms with Gasteiger partial charge in [-0.25, -0.2) is 8.42 Å². The lowest BCUT2D eigenvalue weighted by atomic mass is 10.2. The molecule has 0 radical (unpaired) electrons. The number of nitrogens with zero attached hydrogens (tertiary/aromatic N) is 1.